The Labute approximate surface area is 124 Å². The van der Waals surface area contributed by atoms with Crippen LogP contribution in [-0.4, -0.2) is 32.8 Å². The van der Waals surface area contributed by atoms with Gasteiger partial charge in [-0.1, -0.05) is 30.7 Å². The number of piperidine rings is 1. The van der Waals surface area contributed by atoms with Gasteiger partial charge in [-0.2, -0.15) is 5.10 Å². The lowest BCUT2D eigenvalue weighted by atomic mass is 9.98. The molecule has 1 aliphatic heterocycles. The molecule has 2 rings (SSSR count). The Morgan fingerprint density at radius 2 is 2.32 bits per heavy atom. The standard InChI is InChI=1S/C13H21ClN4S/c1-3-10-12(14)11(17(2)16-10)8-18-6-4-5-9(7-18)13(15)19/h9H,3-8H2,1-2H3,(H2,15,19). The molecule has 1 unspecified atom stereocenters. The lowest BCUT2D eigenvalue weighted by Crippen LogP contribution is -2.40. The summed E-state index contributed by atoms with van der Waals surface area (Å²) in [6.45, 7) is 4.89. The monoisotopic (exact) mass is 300 g/mol. The predicted octanol–water partition coefficient (Wildman–Crippen LogP) is 2.13. The molecule has 1 aliphatic rings. The number of hydrogen-bond acceptors (Lipinski definition) is 3. The van der Waals surface area contributed by atoms with Crippen molar-refractivity contribution in [1.29, 1.82) is 0 Å². The number of aromatic nitrogens is 2. The fourth-order valence-electron chi connectivity index (χ4n) is 2.63. The van der Waals surface area contributed by atoms with Crippen molar-refractivity contribution in [3.63, 3.8) is 0 Å². The van der Waals surface area contributed by atoms with Crippen molar-refractivity contribution in [3.8, 4) is 0 Å². The molecule has 0 aliphatic carbocycles. The third-order valence-electron chi connectivity index (χ3n) is 3.78. The number of likely N-dealkylation sites (tertiary alicyclic amines) is 1. The first-order chi connectivity index (χ1) is 9.02. The molecule has 2 heterocycles. The van der Waals surface area contributed by atoms with Crippen molar-refractivity contribution < 1.29 is 0 Å². The van der Waals surface area contributed by atoms with Gasteiger partial charge in [0.1, 0.15) is 0 Å². The van der Waals surface area contributed by atoms with E-state index in [-0.39, 0.29) is 0 Å². The fourth-order valence-corrected chi connectivity index (χ4v) is 3.18. The quantitative estimate of drug-likeness (QED) is 0.866. The Bertz CT molecular complexity index is 471. The van der Waals surface area contributed by atoms with Crippen LogP contribution in [0.5, 0.6) is 0 Å². The Morgan fingerprint density at radius 1 is 1.58 bits per heavy atom. The van der Waals surface area contributed by atoms with Gasteiger partial charge in [-0.3, -0.25) is 9.58 Å². The SMILES string of the molecule is CCc1nn(C)c(CN2CCCC(C(N)=S)C2)c1Cl. The molecule has 1 atom stereocenters. The van der Waals surface area contributed by atoms with E-state index in [9.17, 15) is 0 Å². The smallest absolute Gasteiger partial charge is 0.0863 e. The second-order valence-electron chi connectivity index (χ2n) is 5.16. The number of nitrogens with zero attached hydrogens (tertiary/aromatic N) is 3. The maximum Gasteiger partial charge on any atom is 0.0863 e. The molecule has 0 spiro atoms. The van der Waals surface area contributed by atoms with Gasteiger partial charge < -0.3 is 5.73 Å². The molecule has 0 radical (unpaired) electrons. The number of thiocarbonyl (C=S) groups is 1. The molecule has 2 N–H and O–H groups in total. The second kappa shape index (κ2) is 6.20. The second-order valence-corrected chi connectivity index (χ2v) is 6.01. The normalized spacial score (nSPS) is 20.7. The number of aryl methyl sites for hydroxylation is 2. The van der Waals surface area contributed by atoms with E-state index in [0.717, 1.165) is 55.3 Å². The van der Waals surface area contributed by atoms with Gasteiger partial charge in [0.15, 0.2) is 0 Å². The van der Waals surface area contributed by atoms with E-state index in [2.05, 4.69) is 16.9 Å². The molecule has 1 fully saturated rings. The number of rotatable bonds is 4. The van der Waals surface area contributed by atoms with Crippen molar-refractivity contribution >= 4 is 28.8 Å². The molecule has 0 aromatic carbocycles. The largest absolute Gasteiger partial charge is 0.393 e. The van der Waals surface area contributed by atoms with Crippen molar-refractivity contribution in [1.82, 2.24) is 14.7 Å². The topological polar surface area (TPSA) is 47.1 Å². The van der Waals surface area contributed by atoms with Gasteiger partial charge in [0.2, 0.25) is 0 Å². The summed E-state index contributed by atoms with van der Waals surface area (Å²) in [5, 5.41) is 5.26. The summed E-state index contributed by atoms with van der Waals surface area (Å²) in [6.07, 6.45) is 3.10. The van der Waals surface area contributed by atoms with Crippen molar-refractivity contribution in [3.05, 3.63) is 16.4 Å². The zero-order chi connectivity index (χ0) is 14.0. The number of nitrogens with two attached hydrogens (primary N) is 1. The van der Waals surface area contributed by atoms with Crippen LogP contribution >= 0.6 is 23.8 Å². The first-order valence-electron chi connectivity index (χ1n) is 6.74. The lowest BCUT2D eigenvalue weighted by Gasteiger charge is -2.32. The Morgan fingerprint density at radius 3 is 2.89 bits per heavy atom. The highest BCUT2D eigenvalue weighted by molar-refractivity contribution is 7.80. The molecule has 4 nitrogen and oxygen atoms in total. The molecule has 1 saturated heterocycles. The fraction of sp³-hybridized carbons (Fsp3) is 0.692. The van der Waals surface area contributed by atoms with Crippen LogP contribution in [0, 0.1) is 5.92 Å². The van der Waals surface area contributed by atoms with Crippen LogP contribution in [-0.2, 0) is 20.0 Å². The minimum absolute atomic E-state index is 0.335. The summed E-state index contributed by atoms with van der Waals surface area (Å²) in [6, 6.07) is 0. The maximum atomic E-state index is 6.39. The van der Waals surface area contributed by atoms with Crippen molar-refractivity contribution in [2.24, 2.45) is 18.7 Å². The minimum Gasteiger partial charge on any atom is -0.393 e. The summed E-state index contributed by atoms with van der Waals surface area (Å²) in [5.74, 6) is 0.335. The molecule has 0 bridgehead atoms. The van der Waals surface area contributed by atoms with Gasteiger partial charge in [0.05, 0.1) is 21.4 Å². The molecule has 106 valence electrons. The number of hydrogen-bond donors (Lipinski definition) is 1. The van der Waals surface area contributed by atoms with E-state index in [4.69, 9.17) is 29.6 Å². The lowest BCUT2D eigenvalue weighted by molar-refractivity contribution is 0.193. The Kier molecular flexibility index (Phi) is 4.81. The molecule has 6 heteroatoms. The Balaban J connectivity index is 2.08. The molecule has 0 amide bonds. The van der Waals surface area contributed by atoms with Crippen molar-refractivity contribution in [2.45, 2.75) is 32.7 Å². The maximum absolute atomic E-state index is 6.39. The summed E-state index contributed by atoms with van der Waals surface area (Å²) in [5.41, 5.74) is 7.83. The van der Waals surface area contributed by atoms with E-state index in [1.807, 2.05) is 11.7 Å². The minimum atomic E-state index is 0.335. The molecular formula is C13H21ClN4S. The van der Waals surface area contributed by atoms with E-state index in [1.54, 1.807) is 0 Å². The average molecular weight is 301 g/mol. The third kappa shape index (κ3) is 3.27. The van der Waals surface area contributed by atoms with Gasteiger partial charge >= 0.3 is 0 Å². The van der Waals surface area contributed by atoms with Gasteiger partial charge in [-0.05, 0) is 25.8 Å². The summed E-state index contributed by atoms with van der Waals surface area (Å²) >= 11 is 11.5. The van der Waals surface area contributed by atoms with Crippen LogP contribution in [0.15, 0.2) is 0 Å². The summed E-state index contributed by atoms with van der Waals surface area (Å²) < 4.78 is 1.89. The zero-order valence-electron chi connectivity index (χ0n) is 11.5. The van der Waals surface area contributed by atoms with E-state index in [1.165, 1.54) is 0 Å². The van der Waals surface area contributed by atoms with E-state index in [0.29, 0.717) is 10.9 Å². The highest BCUT2D eigenvalue weighted by Crippen LogP contribution is 2.25. The molecule has 1 aromatic heterocycles. The van der Waals surface area contributed by atoms with Crippen LogP contribution < -0.4 is 5.73 Å². The van der Waals surface area contributed by atoms with Crippen LogP contribution in [0.25, 0.3) is 0 Å². The molecule has 19 heavy (non-hydrogen) atoms. The van der Waals surface area contributed by atoms with Crippen LogP contribution in [0.4, 0.5) is 0 Å². The molecule has 1 aromatic rings. The molecular weight excluding hydrogens is 280 g/mol. The van der Waals surface area contributed by atoms with Crippen LogP contribution in [0.2, 0.25) is 5.02 Å². The highest BCUT2D eigenvalue weighted by atomic mass is 35.5. The summed E-state index contributed by atoms with van der Waals surface area (Å²) in [7, 11) is 1.95. The zero-order valence-corrected chi connectivity index (χ0v) is 13.1. The average Bonchev–Trinajstić information content (AvgIpc) is 2.66. The highest BCUT2D eigenvalue weighted by Gasteiger charge is 2.24. The van der Waals surface area contributed by atoms with Gasteiger partial charge in [-0.15, -0.1) is 0 Å². The number of halogens is 1. The first-order valence-corrected chi connectivity index (χ1v) is 7.53. The van der Waals surface area contributed by atoms with Gasteiger partial charge in [0, 0.05) is 26.1 Å². The molecule has 0 saturated carbocycles. The van der Waals surface area contributed by atoms with Gasteiger partial charge in [-0.25, -0.2) is 0 Å². The third-order valence-corrected chi connectivity index (χ3v) is 4.55. The first kappa shape index (κ1) is 14.8. The van der Waals surface area contributed by atoms with Crippen LogP contribution in [0.3, 0.4) is 0 Å². The van der Waals surface area contributed by atoms with E-state index < -0.39 is 0 Å². The van der Waals surface area contributed by atoms with Crippen LogP contribution in [0.1, 0.15) is 31.2 Å². The Hall–Kier alpha value is -0.650. The van der Waals surface area contributed by atoms with Crippen molar-refractivity contribution in [2.75, 3.05) is 13.1 Å². The van der Waals surface area contributed by atoms with Gasteiger partial charge in [0.25, 0.3) is 0 Å². The predicted molar refractivity (Wildman–Crippen MR) is 82.4 cm³/mol. The summed E-state index contributed by atoms with van der Waals surface area (Å²) in [4.78, 5) is 3.01. The van der Waals surface area contributed by atoms with E-state index >= 15 is 0 Å².